The van der Waals surface area contributed by atoms with Gasteiger partial charge in [0.25, 0.3) is 0 Å². The van der Waals surface area contributed by atoms with Gasteiger partial charge in [-0.15, -0.1) is 0 Å². The first-order chi connectivity index (χ1) is 21.9. The molecule has 0 atom stereocenters. The molecule has 5 rings (SSSR count). The smallest absolute Gasteiger partial charge is 0.340 e. The molecule has 9 heteroatoms. The molecule has 230 valence electrons. The van der Waals surface area contributed by atoms with Crippen molar-refractivity contribution in [3.05, 3.63) is 129 Å². The average Bonchev–Trinajstić information content (AvgIpc) is 3.07. The first-order valence-electron chi connectivity index (χ1n) is 15.1. The van der Waals surface area contributed by atoms with E-state index in [4.69, 9.17) is 15.0 Å². The van der Waals surface area contributed by atoms with Crippen molar-refractivity contribution in [2.45, 2.75) is 38.5 Å². The van der Waals surface area contributed by atoms with Crippen molar-refractivity contribution in [2.24, 2.45) is 5.11 Å². The topological polar surface area (TPSA) is 117 Å². The van der Waals surface area contributed by atoms with Gasteiger partial charge < -0.3 is 14.4 Å². The molecule has 0 spiro atoms. The lowest BCUT2D eigenvalue weighted by molar-refractivity contribution is 0.0481. The van der Waals surface area contributed by atoms with Crippen molar-refractivity contribution in [3.63, 3.8) is 0 Å². The van der Waals surface area contributed by atoms with Crippen LogP contribution >= 0.6 is 0 Å². The molecule has 2 heterocycles. The molecule has 4 aromatic rings. The Morgan fingerprint density at radius 2 is 1.49 bits per heavy atom. The van der Waals surface area contributed by atoms with Crippen molar-refractivity contribution < 1.29 is 19.1 Å². The zero-order valence-electron chi connectivity index (χ0n) is 25.9. The Labute approximate surface area is 263 Å². The number of hydrogen-bond donors (Lipinski definition) is 0. The molecule has 0 radical (unpaired) electrons. The third-order valence-electron chi connectivity index (χ3n) is 8.66. The van der Waals surface area contributed by atoms with Gasteiger partial charge in [-0.1, -0.05) is 84.0 Å². The van der Waals surface area contributed by atoms with Gasteiger partial charge in [0.05, 0.1) is 36.2 Å². The standard InChI is InChI=1S/C36H37N5O4/c1-25-31(34(42)44-3)33(27-12-10-17-30(24-27)39-40-37)32(26(2)38-25)35(43)45-23-11-20-41-21-18-36(19-22-41,28-13-6-4-7-14-28)29-15-8-5-9-16-29/h4-10,12-17,24H,11,18-23H2,1-3H3. The monoisotopic (exact) mass is 603 g/mol. The third kappa shape index (κ3) is 6.75. The Bertz CT molecular complexity index is 1670. The zero-order valence-corrected chi connectivity index (χ0v) is 25.9. The zero-order chi connectivity index (χ0) is 31.8. The maximum atomic E-state index is 13.6. The predicted octanol–water partition coefficient (Wildman–Crippen LogP) is 7.72. The summed E-state index contributed by atoms with van der Waals surface area (Å²) in [6.45, 7) is 6.30. The molecule has 3 aromatic carbocycles. The predicted molar refractivity (Wildman–Crippen MR) is 174 cm³/mol. The van der Waals surface area contributed by atoms with Crippen LogP contribution < -0.4 is 0 Å². The number of likely N-dealkylation sites (tertiary alicyclic amines) is 1. The number of aromatic nitrogens is 1. The molecule has 1 saturated heterocycles. The second-order valence-corrected chi connectivity index (χ2v) is 11.3. The number of nitrogens with zero attached hydrogens (tertiary/aromatic N) is 5. The second kappa shape index (κ2) is 14.2. The van der Waals surface area contributed by atoms with E-state index in [1.54, 1.807) is 38.1 Å². The van der Waals surface area contributed by atoms with Crippen LogP contribution in [-0.2, 0) is 14.9 Å². The molecular formula is C36H37N5O4. The van der Waals surface area contributed by atoms with Crippen molar-refractivity contribution in [2.75, 3.05) is 33.4 Å². The number of benzene rings is 3. The van der Waals surface area contributed by atoms with E-state index in [1.807, 2.05) is 0 Å². The highest BCUT2D eigenvalue weighted by atomic mass is 16.5. The number of carbonyl (C=O) groups excluding carboxylic acids is 2. The van der Waals surface area contributed by atoms with Gasteiger partial charge in [-0.2, -0.15) is 0 Å². The molecule has 0 unspecified atom stereocenters. The number of methoxy groups -OCH3 is 1. The van der Waals surface area contributed by atoms with Crippen LogP contribution in [0.3, 0.4) is 0 Å². The largest absolute Gasteiger partial charge is 0.465 e. The molecule has 1 aromatic heterocycles. The Morgan fingerprint density at radius 1 is 0.889 bits per heavy atom. The molecule has 45 heavy (non-hydrogen) atoms. The summed E-state index contributed by atoms with van der Waals surface area (Å²) in [6.07, 6.45) is 2.67. The average molecular weight is 604 g/mol. The molecule has 0 aliphatic carbocycles. The third-order valence-corrected chi connectivity index (χ3v) is 8.66. The van der Waals surface area contributed by atoms with E-state index in [0.29, 0.717) is 34.6 Å². The van der Waals surface area contributed by atoms with Crippen LogP contribution in [0, 0.1) is 13.8 Å². The molecule has 1 aliphatic heterocycles. The van der Waals surface area contributed by atoms with Crippen LogP contribution in [-0.4, -0.2) is 55.2 Å². The minimum absolute atomic E-state index is 0.0228. The molecular weight excluding hydrogens is 566 g/mol. The first kappa shape index (κ1) is 31.4. The highest BCUT2D eigenvalue weighted by molar-refractivity contribution is 6.07. The van der Waals surface area contributed by atoms with E-state index >= 15 is 0 Å². The van der Waals surface area contributed by atoms with E-state index < -0.39 is 11.9 Å². The van der Waals surface area contributed by atoms with Gasteiger partial charge in [0.1, 0.15) is 0 Å². The quantitative estimate of drug-likeness (QED) is 0.0602. The lowest BCUT2D eigenvalue weighted by Gasteiger charge is -2.43. The van der Waals surface area contributed by atoms with Crippen molar-refractivity contribution in [1.29, 1.82) is 0 Å². The normalized spacial score (nSPS) is 14.3. The van der Waals surface area contributed by atoms with Crippen LogP contribution in [0.15, 0.2) is 90.0 Å². The second-order valence-electron chi connectivity index (χ2n) is 11.3. The Hall–Kier alpha value is -4.98. The first-order valence-corrected chi connectivity index (χ1v) is 15.1. The van der Waals surface area contributed by atoms with Gasteiger partial charge in [-0.05, 0) is 74.5 Å². The van der Waals surface area contributed by atoms with Crippen molar-refractivity contribution in [1.82, 2.24) is 9.88 Å². The Kier molecular flexibility index (Phi) is 9.92. The van der Waals surface area contributed by atoms with Crippen LogP contribution in [0.4, 0.5) is 5.69 Å². The van der Waals surface area contributed by atoms with Crippen molar-refractivity contribution in [3.8, 4) is 11.1 Å². The van der Waals surface area contributed by atoms with Crippen LogP contribution in [0.1, 0.15) is 62.5 Å². The van der Waals surface area contributed by atoms with Gasteiger partial charge in [-0.25, -0.2) is 9.59 Å². The maximum absolute atomic E-state index is 13.6. The van der Waals surface area contributed by atoms with Gasteiger partial charge in [0.2, 0.25) is 0 Å². The summed E-state index contributed by atoms with van der Waals surface area (Å²) < 4.78 is 10.8. The van der Waals surface area contributed by atoms with E-state index in [9.17, 15) is 9.59 Å². The van der Waals surface area contributed by atoms with E-state index in [1.165, 1.54) is 18.2 Å². The number of azide groups is 1. The van der Waals surface area contributed by atoms with Gasteiger partial charge in [0, 0.05) is 28.1 Å². The molecule has 1 fully saturated rings. The summed E-state index contributed by atoms with van der Waals surface area (Å²) in [4.78, 5) is 36.2. The number of ether oxygens (including phenoxy) is 2. The van der Waals surface area contributed by atoms with Gasteiger partial charge >= 0.3 is 11.9 Å². The summed E-state index contributed by atoms with van der Waals surface area (Å²) >= 11 is 0. The lowest BCUT2D eigenvalue weighted by atomic mass is 9.68. The number of carbonyl (C=O) groups is 2. The molecule has 0 saturated carbocycles. The summed E-state index contributed by atoms with van der Waals surface area (Å²) in [7, 11) is 1.28. The molecule has 0 N–H and O–H groups in total. The number of piperidine rings is 1. The van der Waals surface area contributed by atoms with Gasteiger partial charge in [-0.3, -0.25) is 4.98 Å². The fourth-order valence-electron chi connectivity index (χ4n) is 6.46. The fraction of sp³-hybridized carbons (Fsp3) is 0.306. The fourth-order valence-corrected chi connectivity index (χ4v) is 6.46. The summed E-state index contributed by atoms with van der Waals surface area (Å²) in [5.41, 5.74) is 14.0. The number of hydrogen-bond acceptors (Lipinski definition) is 7. The highest BCUT2D eigenvalue weighted by Crippen LogP contribution is 2.41. The highest BCUT2D eigenvalue weighted by Gasteiger charge is 2.37. The van der Waals surface area contributed by atoms with E-state index in [2.05, 4.69) is 80.6 Å². The SMILES string of the molecule is COC(=O)c1c(C)nc(C)c(C(=O)OCCCN2CCC(c3ccccc3)(c3ccccc3)CC2)c1-c1cccc(N=[N+]=[N-])c1. The number of pyridine rings is 1. The number of rotatable bonds is 10. The Balaban J connectivity index is 1.29. The van der Waals surface area contributed by atoms with E-state index in [0.717, 1.165) is 32.5 Å². The molecule has 0 amide bonds. The molecule has 0 bridgehead atoms. The summed E-state index contributed by atoms with van der Waals surface area (Å²) in [5.74, 6) is -1.19. The minimum Gasteiger partial charge on any atom is -0.465 e. The van der Waals surface area contributed by atoms with Gasteiger partial charge in [0.15, 0.2) is 0 Å². The minimum atomic E-state index is -0.620. The molecule has 1 aliphatic rings. The molecule has 9 nitrogen and oxygen atoms in total. The lowest BCUT2D eigenvalue weighted by Crippen LogP contribution is -2.43. The van der Waals surface area contributed by atoms with E-state index in [-0.39, 0.29) is 23.1 Å². The summed E-state index contributed by atoms with van der Waals surface area (Å²) in [6, 6.07) is 28.2. The van der Waals surface area contributed by atoms with Crippen LogP contribution in [0.5, 0.6) is 0 Å². The number of aryl methyl sites for hydroxylation is 2. The Morgan fingerprint density at radius 3 is 2.07 bits per heavy atom. The maximum Gasteiger partial charge on any atom is 0.340 e. The number of esters is 2. The summed E-state index contributed by atoms with van der Waals surface area (Å²) in [5, 5.41) is 3.68. The van der Waals surface area contributed by atoms with Crippen LogP contribution in [0.2, 0.25) is 0 Å². The van der Waals surface area contributed by atoms with Crippen molar-refractivity contribution >= 4 is 17.6 Å². The van der Waals surface area contributed by atoms with Crippen LogP contribution in [0.25, 0.3) is 21.6 Å².